The van der Waals surface area contributed by atoms with Crippen LogP contribution in [0.4, 0.5) is 5.95 Å². The van der Waals surface area contributed by atoms with Crippen LogP contribution >= 0.6 is 15.9 Å². The summed E-state index contributed by atoms with van der Waals surface area (Å²) in [5.74, 6) is 0.780. The maximum atomic E-state index is 5.34. The lowest BCUT2D eigenvalue weighted by atomic mass is 10.3. The number of pyridine rings is 1. The fourth-order valence-corrected chi connectivity index (χ4v) is 2.41. The summed E-state index contributed by atoms with van der Waals surface area (Å²) in [6.07, 6.45) is 3.25. The summed E-state index contributed by atoms with van der Waals surface area (Å²) in [7, 11) is 1.75. The minimum atomic E-state index is 0.299. The minimum Gasteiger partial charge on any atom is -0.380 e. The van der Waals surface area contributed by atoms with Crippen LogP contribution in [0.2, 0.25) is 0 Å². The number of fused-ring (bicyclic) bond motifs is 1. The van der Waals surface area contributed by atoms with Gasteiger partial charge in [0.1, 0.15) is 0 Å². The van der Waals surface area contributed by atoms with Crippen molar-refractivity contribution >= 4 is 27.5 Å². The van der Waals surface area contributed by atoms with Crippen molar-refractivity contribution in [3.05, 3.63) is 22.8 Å². The number of nitrogens with zero attached hydrogens (tertiary/aromatic N) is 4. The fourth-order valence-electron chi connectivity index (χ4n) is 2.08. The molecule has 0 spiro atoms. The molecule has 1 aliphatic rings. The highest BCUT2D eigenvalue weighted by Gasteiger charge is 2.24. The third-order valence-electron chi connectivity index (χ3n) is 3.04. The van der Waals surface area contributed by atoms with Crippen LogP contribution in [0.3, 0.4) is 0 Å². The quantitative estimate of drug-likeness (QED) is 0.846. The number of halogens is 1. The first-order valence-corrected chi connectivity index (χ1v) is 6.35. The minimum absolute atomic E-state index is 0.299. The Morgan fingerprint density at radius 3 is 3.12 bits per heavy atom. The van der Waals surface area contributed by atoms with Gasteiger partial charge in [-0.1, -0.05) is 0 Å². The first-order valence-electron chi connectivity index (χ1n) is 5.56. The van der Waals surface area contributed by atoms with Gasteiger partial charge in [0.25, 0.3) is 0 Å². The van der Waals surface area contributed by atoms with Crippen molar-refractivity contribution in [2.45, 2.75) is 12.5 Å². The number of aromatic nitrogens is 3. The molecule has 6 heteroatoms. The maximum Gasteiger partial charge on any atom is 0.245 e. The zero-order chi connectivity index (χ0) is 11.8. The summed E-state index contributed by atoms with van der Waals surface area (Å²) >= 11 is 3.42. The molecule has 0 N–H and O–H groups in total. The monoisotopic (exact) mass is 296 g/mol. The van der Waals surface area contributed by atoms with Gasteiger partial charge in [-0.05, 0) is 34.5 Å². The van der Waals surface area contributed by atoms with Gasteiger partial charge in [0.05, 0.1) is 6.10 Å². The average molecular weight is 297 g/mol. The van der Waals surface area contributed by atoms with Crippen molar-refractivity contribution in [3.63, 3.8) is 0 Å². The van der Waals surface area contributed by atoms with Crippen molar-refractivity contribution in [2.24, 2.45) is 0 Å². The van der Waals surface area contributed by atoms with Gasteiger partial charge in [0, 0.05) is 30.9 Å². The van der Waals surface area contributed by atoms with Crippen LogP contribution in [-0.4, -0.2) is 40.9 Å². The highest BCUT2D eigenvalue weighted by Crippen LogP contribution is 2.19. The number of anilines is 1. The van der Waals surface area contributed by atoms with Gasteiger partial charge in [-0.3, -0.25) is 0 Å². The standard InChI is InChI=1S/C11H13BrN4O/c1-17-9-4-5-15(7-9)11-13-10-3-2-8(12)6-16(10)14-11/h2-3,6,9H,4-5,7H2,1H3. The Bertz CT molecular complexity index is 541. The Morgan fingerprint density at radius 2 is 2.35 bits per heavy atom. The lowest BCUT2D eigenvalue weighted by Crippen LogP contribution is -2.23. The Morgan fingerprint density at radius 1 is 1.47 bits per heavy atom. The molecule has 1 saturated heterocycles. The molecule has 5 nitrogen and oxygen atoms in total. The molecule has 3 heterocycles. The zero-order valence-electron chi connectivity index (χ0n) is 9.51. The van der Waals surface area contributed by atoms with E-state index in [9.17, 15) is 0 Å². The SMILES string of the molecule is COC1CCN(c2nc3ccc(Br)cn3n2)C1. The number of hydrogen-bond acceptors (Lipinski definition) is 4. The molecule has 2 aromatic heterocycles. The molecule has 0 aromatic carbocycles. The number of methoxy groups -OCH3 is 1. The first kappa shape index (κ1) is 11.0. The van der Waals surface area contributed by atoms with Crippen molar-refractivity contribution < 1.29 is 4.74 Å². The molecule has 0 radical (unpaired) electrons. The van der Waals surface area contributed by atoms with E-state index in [4.69, 9.17) is 4.74 Å². The molecule has 1 fully saturated rings. The molecule has 1 aliphatic heterocycles. The van der Waals surface area contributed by atoms with Gasteiger partial charge in [0.15, 0.2) is 5.65 Å². The molecule has 2 aromatic rings. The van der Waals surface area contributed by atoms with Crippen molar-refractivity contribution in [2.75, 3.05) is 25.1 Å². The second kappa shape index (κ2) is 4.27. The van der Waals surface area contributed by atoms with Crippen LogP contribution in [0.1, 0.15) is 6.42 Å². The lowest BCUT2D eigenvalue weighted by Gasteiger charge is -2.12. The van der Waals surface area contributed by atoms with E-state index < -0.39 is 0 Å². The van der Waals surface area contributed by atoms with Crippen LogP contribution in [0.15, 0.2) is 22.8 Å². The number of ether oxygens (including phenoxy) is 1. The van der Waals surface area contributed by atoms with Gasteiger partial charge in [-0.25, -0.2) is 4.52 Å². The molecular formula is C11H13BrN4O. The van der Waals surface area contributed by atoms with Gasteiger partial charge >= 0.3 is 0 Å². The molecule has 1 atom stereocenters. The largest absolute Gasteiger partial charge is 0.380 e. The fraction of sp³-hybridized carbons (Fsp3) is 0.455. The Hall–Kier alpha value is -1.14. The predicted molar refractivity (Wildman–Crippen MR) is 68.3 cm³/mol. The third kappa shape index (κ3) is 2.02. The molecule has 0 aliphatic carbocycles. The third-order valence-corrected chi connectivity index (χ3v) is 3.51. The molecule has 3 rings (SSSR count). The maximum absolute atomic E-state index is 5.34. The highest BCUT2D eigenvalue weighted by molar-refractivity contribution is 9.10. The lowest BCUT2D eigenvalue weighted by molar-refractivity contribution is 0.121. The average Bonchev–Trinajstić information content (AvgIpc) is 2.93. The molecule has 1 unspecified atom stereocenters. The van der Waals surface area contributed by atoms with Crippen molar-refractivity contribution in [1.82, 2.24) is 14.6 Å². The second-order valence-electron chi connectivity index (χ2n) is 4.15. The molecule has 0 amide bonds. The first-order chi connectivity index (χ1) is 8.26. The van der Waals surface area contributed by atoms with E-state index in [-0.39, 0.29) is 0 Å². The topological polar surface area (TPSA) is 42.7 Å². The van der Waals surface area contributed by atoms with Gasteiger partial charge in [-0.2, -0.15) is 4.98 Å². The van der Waals surface area contributed by atoms with Gasteiger partial charge in [-0.15, -0.1) is 5.10 Å². The number of rotatable bonds is 2. The summed E-state index contributed by atoms with van der Waals surface area (Å²) in [5, 5.41) is 4.47. The van der Waals surface area contributed by atoms with Crippen LogP contribution in [0.25, 0.3) is 5.65 Å². The molecule has 0 bridgehead atoms. The molecule has 0 saturated carbocycles. The van der Waals surface area contributed by atoms with Crippen molar-refractivity contribution in [1.29, 1.82) is 0 Å². The van der Waals surface area contributed by atoms with E-state index in [1.807, 2.05) is 18.3 Å². The van der Waals surface area contributed by atoms with Crippen LogP contribution in [0, 0.1) is 0 Å². The van der Waals surface area contributed by atoms with E-state index in [0.717, 1.165) is 35.6 Å². The number of hydrogen-bond donors (Lipinski definition) is 0. The predicted octanol–water partition coefficient (Wildman–Crippen LogP) is 1.72. The van der Waals surface area contributed by atoms with E-state index >= 15 is 0 Å². The van der Waals surface area contributed by atoms with Gasteiger partial charge in [0.2, 0.25) is 5.95 Å². The van der Waals surface area contributed by atoms with Crippen molar-refractivity contribution in [3.8, 4) is 0 Å². The van der Waals surface area contributed by atoms with Crippen LogP contribution in [-0.2, 0) is 4.74 Å². The second-order valence-corrected chi connectivity index (χ2v) is 5.07. The molecule has 17 heavy (non-hydrogen) atoms. The van der Waals surface area contributed by atoms with E-state index in [1.165, 1.54) is 0 Å². The molecular weight excluding hydrogens is 284 g/mol. The highest BCUT2D eigenvalue weighted by atomic mass is 79.9. The summed E-state index contributed by atoms with van der Waals surface area (Å²) in [6, 6.07) is 3.92. The normalized spacial score (nSPS) is 20.4. The van der Waals surface area contributed by atoms with Crippen LogP contribution < -0.4 is 4.90 Å². The Balaban J connectivity index is 1.91. The van der Waals surface area contributed by atoms with E-state index in [2.05, 4.69) is 30.9 Å². The zero-order valence-corrected chi connectivity index (χ0v) is 11.1. The summed E-state index contributed by atoms with van der Waals surface area (Å²) in [4.78, 5) is 6.67. The summed E-state index contributed by atoms with van der Waals surface area (Å²) in [5.41, 5.74) is 0.865. The van der Waals surface area contributed by atoms with E-state index in [1.54, 1.807) is 11.6 Å². The molecule has 90 valence electrons. The van der Waals surface area contributed by atoms with Gasteiger partial charge < -0.3 is 9.64 Å². The smallest absolute Gasteiger partial charge is 0.245 e. The summed E-state index contributed by atoms with van der Waals surface area (Å²) in [6.45, 7) is 1.82. The summed E-state index contributed by atoms with van der Waals surface area (Å²) < 4.78 is 8.13. The van der Waals surface area contributed by atoms with Crippen LogP contribution in [0.5, 0.6) is 0 Å². The Kier molecular flexibility index (Phi) is 2.76. The Labute approximate surface area is 108 Å². The van der Waals surface area contributed by atoms with E-state index in [0.29, 0.717) is 6.10 Å².